The van der Waals surface area contributed by atoms with Crippen LogP contribution in [0.15, 0.2) is 27.6 Å². The van der Waals surface area contributed by atoms with Gasteiger partial charge in [0, 0.05) is 4.47 Å². The van der Waals surface area contributed by atoms with E-state index in [1.54, 1.807) is 0 Å². The van der Waals surface area contributed by atoms with Crippen molar-refractivity contribution in [2.45, 2.75) is 24.3 Å². The molecule has 0 unspecified atom stereocenters. The first-order valence-electron chi connectivity index (χ1n) is 5.77. The fraction of sp³-hybridized carbons (Fsp3) is 0.333. The van der Waals surface area contributed by atoms with Crippen molar-refractivity contribution in [3.05, 3.63) is 28.2 Å². The van der Waals surface area contributed by atoms with Gasteiger partial charge in [0.15, 0.2) is 0 Å². The van der Waals surface area contributed by atoms with Crippen molar-refractivity contribution in [3.63, 3.8) is 0 Å². The average Bonchev–Trinajstić information content (AvgIpc) is 2.37. The summed E-state index contributed by atoms with van der Waals surface area (Å²) < 4.78 is 31.5. The molecule has 116 valence electrons. The van der Waals surface area contributed by atoms with Gasteiger partial charge in [-0.25, -0.2) is 8.42 Å². The molecule has 9 heteroatoms. The van der Waals surface area contributed by atoms with Crippen molar-refractivity contribution in [1.82, 2.24) is 4.72 Å². The van der Waals surface area contributed by atoms with E-state index in [4.69, 9.17) is 5.11 Å². The lowest BCUT2D eigenvalue weighted by Gasteiger charge is -2.13. The summed E-state index contributed by atoms with van der Waals surface area (Å²) >= 11 is 3.19. The Bertz CT molecular complexity index is 658. The second-order valence-corrected chi connectivity index (χ2v) is 6.78. The van der Waals surface area contributed by atoms with E-state index in [1.807, 2.05) is 4.72 Å². The molecule has 0 saturated heterocycles. The fourth-order valence-electron chi connectivity index (χ4n) is 1.52. The molecule has 7 nitrogen and oxygen atoms in total. The summed E-state index contributed by atoms with van der Waals surface area (Å²) in [4.78, 5) is 22.0. The molecule has 2 N–H and O–H groups in total. The maximum absolute atomic E-state index is 12.2. The summed E-state index contributed by atoms with van der Waals surface area (Å²) in [7, 11) is -2.87. The first-order valence-corrected chi connectivity index (χ1v) is 8.05. The van der Waals surface area contributed by atoms with Crippen LogP contribution in [0.2, 0.25) is 0 Å². The molecular weight excluding hydrogens is 366 g/mol. The molecule has 0 aromatic heterocycles. The number of sulfonamides is 1. The zero-order chi connectivity index (χ0) is 16.2. The second-order valence-electron chi connectivity index (χ2n) is 4.19. The molecule has 0 spiro atoms. The lowest BCUT2D eigenvalue weighted by molar-refractivity contribution is -0.140. The van der Waals surface area contributed by atoms with Gasteiger partial charge in [-0.05, 0) is 30.7 Å². The van der Waals surface area contributed by atoms with Crippen molar-refractivity contribution < 1.29 is 27.9 Å². The van der Waals surface area contributed by atoms with E-state index in [0.717, 1.165) is 0 Å². The second kappa shape index (κ2) is 7.01. The van der Waals surface area contributed by atoms with Gasteiger partial charge < -0.3 is 9.84 Å². The van der Waals surface area contributed by atoms with E-state index in [2.05, 4.69) is 20.7 Å². The maximum Gasteiger partial charge on any atom is 0.321 e. The van der Waals surface area contributed by atoms with E-state index < -0.39 is 28.0 Å². The van der Waals surface area contributed by atoms with Crippen LogP contribution in [-0.2, 0) is 30.8 Å². The minimum Gasteiger partial charge on any atom is -0.480 e. The van der Waals surface area contributed by atoms with Crippen molar-refractivity contribution in [2.75, 3.05) is 7.11 Å². The van der Waals surface area contributed by atoms with Gasteiger partial charge in [-0.1, -0.05) is 15.9 Å². The molecule has 1 aromatic rings. The number of methoxy groups -OCH3 is 1. The van der Waals surface area contributed by atoms with Gasteiger partial charge in [0.2, 0.25) is 10.0 Å². The maximum atomic E-state index is 12.2. The number of carbonyl (C=O) groups is 2. The van der Waals surface area contributed by atoms with Gasteiger partial charge >= 0.3 is 11.9 Å². The molecule has 0 amide bonds. The SMILES string of the molecule is COC(=O)Cc1cc(Br)ccc1S(=O)(=O)N[C@H](C)C(=O)O. The van der Waals surface area contributed by atoms with Gasteiger partial charge in [-0.3, -0.25) is 9.59 Å². The molecule has 0 fully saturated rings. The molecule has 0 saturated carbocycles. The average molecular weight is 380 g/mol. The van der Waals surface area contributed by atoms with Crippen LogP contribution in [-0.4, -0.2) is 38.6 Å². The molecule has 0 aliphatic rings. The first kappa shape index (κ1) is 17.6. The normalized spacial score (nSPS) is 12.7. The van der Waals surface area contributed by atoms with Crippen molar-refractivity contribution >= 4 is 37.9 Å². The Hall–Kier alpha value is -1.45. The summed E-state index contributed by atoms with van der Waals surface area (Å²) in [5.74, 6) is -1.90. The summed E-state index contributed by atoms with van der Waals surface area (Å²) in [6.07, 6.45) is -0.242. The number of esters is 1. The van der Waals surface area contributed by atoms with Crippen LogP contribution in [0.1, 0.15) is 12.5 Å². The zero-order valence-electron chi connectivity index (χ0n) is 11.3. The molecule has 1 aromatic carbocycles. The van der Waals surface area contributed by atoms with E-state index >= 15 is 0 Å². The molecular formula is C12H14BrNO6S. The molecule has 0 heterocycles. The Kier molecular flexibility index (Phi) is 5.87. The fourth-order valence-corrected chi connectivity index (χ4v) is 3.35. The number of carbonyl (C=O) groups excluding carboxylic acids is 1. The van der Waals surface area contributed by atoms with Gasteiger partial charge in [-0.15, -0.1) is 0 Å². The minimum absolute atomic E-state index is 0.163. The number of halogens is 1. The van der Waals surface area contributed by atoms with Crippen LogP contribution >= 0.6 is 15.9 Å². The van der Waals surface area contributed by atoms with Crippen molar-refractivity contribution in [3.8, 4) is 0 Å². The smallest absolute Gasteiger partial charge is 0.321 e. The summed E-state index contributed by atoms with van der Waals surface area (Å²) in [6, 6.07) is 2.96. The van der Waals surface area contributed by atoms with Crippen LogP contribution in [0.4, 0.5) is 0 Å². The number of carboxylic acids is 1. The zero-order valence-corrected chi connectivity index (χ0v) is 13.7. The van der Waals surface area contributed by atoms with Crippen LogP contribution in [0, 0.1) is 0 Å². The third kappa shape index (κ3) is 4.80. The first-order chi connectivity index (χ1) is 9.67. The van der Waals surface area contributed by atoms with Crippen molar-refractivity contribution in [1.29, 1.82) is 0 Å². The van der Waals surface area contributed by atoms with Gasteiger partial charge in [0.1, 0.15) is 6.04 Å². The van der Waals surface area contributed by atoms with Gasteiger partial charge in [0.05, 0.1) is 18.4 Å². The Labute approximate surface area is 130 Å². The predicted octanol–water partition coefficient (Wildman–Crippen LogP) is 0.916. The highest BCUT2D eigenvalue weighted by atomic mass is 79.9. The Morgan fingerprint density at radius 2 is 2.05 bits per heavy atom. The lowest BCUT2D eigenvalue weighted by atomic mass is 10.1. The third-order valence-electron chi connectivity index (χ3n) is 2.58. The molecule has 1 atom stereocenters. The molecule has 1 rings (SSSR count). The lowest BCUT2D eigenvalue weighted by Crippen LogP contribution is -2.38. The molecule has 21 heavy (non-hydrogen) atoms. The predicted molar refractivity (Wildman–Crippen MR) is 77.3 cm³/mol. The molecule has 0 bridgehead atoms. The highest BCUT2D eigenvalue weighted by Crippen LogP contribution is 2.22. The van der Waals surface area contributed by atoms with Crippen LogP contribution in [0.25, 0.3) is 0 Å². The standard InChI is InChI=1S/C12H14BrNO6S/c1-7(12(16)17)14-21(18,19)10-4-3-9(13)5-8(10)6-11(15)20-2/h3-5,7,14H,6H2,1-2H3,(H,16,17)/t7-/m1/s1. The quantitative estimate of drug-likeness (QED) is 0.711. The number of hydrogen-bond acceptors (Lipinski definition) is 5. The summed E-state index contributed by atoms with van der Waals surface area (Å²) in [5.41, 5.74) is 0.210. The van der Waals surface area contributed by atoms with Gasteiger partial charge in [0.25, 0.3) is 0 Å². The van der Waals surface area contributed by atoms with Crippen LogP contribution < -0.4 is 4.72 Å². The number of nitrogens with one attached hydrogen (secondary N) is 1. The minimum atomic E-state index is -4.07. The van der Waals surface area contributed by atoms with E-state index in [0.29, 0.717) is 4.47 Å². The monoisotopic (exact) mass is 379 g/mol. The molecule has 0 radical (unpaired) electrons. The van der Waals surface area contributed by atoms with Gasteiger partial charge in [-0.2, -0.15) is 4.72 Å². The summed E-state index contributed by atoms with van der Waals surface area (Å²) in [6.45, 7) is 1.21. The number of ether oxygens (including phenoxy) is 1. The number of aliphatic carboxylic acids is 1. The summed E-state index contributed by atoms with van der Waals surface area (Å²) in [5, 5.41) is 8.78. The molecule has 0 aliphatic carbocycles. The number of benzene rings is 1. The third-order valence-corrected chi connectivity index (χ3v) is 4.71. The van der Waals surface area contributed by atoms with E-state index in [-0.39, 0.29) is 16.9 Å². The number of rotatable bonds is 6. The highest BCUT2D eigenvalue weighted by Gasteiger charge is 2.25. The number of carboxylic acid groups (broad SMARTS) is 1. The Morgan fingerprint density at radius 1 is 1.43 bits per heavy atom. The highest BCUT2D eigenvalue weighted by molar-refractivity contribution is 9.10. The van der Waals surface area contributed by atoms with Crippen LogP contribution in [0.5, 0.6) is 0 Å². The molecule has 0 aliphatic heterocycles. The Morgan fingerprint density at radius 3 is 2.57 bits per heavy atom. The topological polar surface area (TPSA) is 110 Å². The van der Waals surface area contributed by atoms with E-state index in [1.165, 1.54) is 32.2 Å². The van der Waals surface area contributed by atoms with E-state index in [9.17, 15) is 18.0 Å². The van der Waals surface area contributed by atoms with Crippen LogP contribution in [0.3, 0.4) is 0 Å². The van der Waals surface area contributed by atoms with Crippen molar-refractivity contribution in [2.24, 2.45) is 0 Å². The largest absolute Gasteiger partial charge is 0.480 e. The Balaban J connectivity index is 3.22. The number of hydrogen-bond donors (Lipinski definition) is 2.